The van der Waals surface area contributed by atoms with Gasteiger partial charge in [0.2, 0.25) is 0 Å². The number of hydrogen-bond donors (Lipinski definition) is 5. The maximum atomic E-state index is 12.4. The van der Waals surface area contributed by atoms with Crippen molar-refractivity contribution >= 4 is 40.8 Å². The van der Waals surface area contributed by atoms with Crippen LogP contribution in [0.4, 0.5) is 24.5 Å². The molecule has 2 aromatic rings. The van der Waals surface area contributed by atoms with Crippen LogP contribution in [0.15, 0.2) is 36.4 Å². The molecule has 1 unspecified atom stereocenters. The summed E-state index contributed by atoms with van der Waals surface area (Å²) in [4.78, 5) is 31.4. The maximum Gasteiger partial charge on any atom is 0.391 e. The van der Waals surface area contributed by atoms with Crippen molar-refractivity contribution in [3.63, 3.8) is 0 Å². The molecule has 1 atom stereocenters. The molecule has 1 amide bonds. The molecule has 1 heterocycles. The molecule has 3 rings (SSSR count). The predicted molar refractivity (Wildman–Crippen MR) is 139 cm³/mol. The first-order chi connectivity index (χ1) is 17.9. The summed E-state index contributed by atoms with van der Waals surface area (Å²) >= 11 is 6.42. The van der Waals surface area contributed by atoms with E-state index in [1.165, 1.54) is 12.5 Å². The Labute approximate surface area is 223 Å². The van der Waals surface area contributed by atoms with E-state index in [9.17, 15) is 27.6 Å². The third-order valence-corrected chi connectivity index (χ3v) is 5.90. The maximum absolute atomic E-state index is 12.4. The first-order valence-corrected chi connectivity index (χ1v) is 12.4. The minimum Gasteiger partial charge on any atom is -0.481 e. The molecule has 12 heteroatoms. The van der Waals surface area contributed by atoms with Crippen LogP contribution in [-0.2, 0) is 22.6 Å². The molecule has 1 aliphatic rings. The van der Waals surface area contributed by atoms with Crippen molar-refractivity contribution in [2.45, 2.75) is 64.2 Å². The highest BCUT2D eigenvalue weighted by Crippen LogP contribution is 2.35. The number of benzene rings is 2. The van der Waals surface area contributed by atoms with Crippen LogP contribution in [0.25, 0.3) is 0 Å². The van der Waals surface area contributed by atoms with E-state index in [2.05, 4.69) is 16.0 Å². The third kappa shape index (κ3) is 10.9. The molecular weight excluding hydrogens is 527 g/mol. The van der Waals surface area contributed by atoms with E-state index in [0.717, 1.165) is 42.7 Å². The van der Waals surface area contributed by atoms with E-state index in [0.29, 0.717) is 17.1 Å². The number of carbonyl (C=O) groups excluding carboxylic acids is 1. The third-order valence-electron chi connectivity index (χ3n) is 5.58. The quantitative estimate of drug-likeness (QED) is 0.267. The number of fused-ring (bicyclic) bond motifs is 1. The van der Waals surface area contributed by atoms with Gasteiger partial charge in [-0.15, -0.1) is 0 Å². The molecule has 0 bridgehead atoms. The zero-order chi connectivity index (χ0) is 28.3. The lowest BCUT2D eigenvalue weighted by molar-refractivity contribution is -0.143. The highest BCUT2D eigenvalue weighted by Gasteiger charge is 2.30. The number of hydrogen-bond acceptors (Lipinski definition) is 5. The molecule has 1 aliphatic heterocycles. The summed E-state index contributed by atoms with van der Waals surface area (Å²) in [5, 5.41) is 25.7. The van der Waals surface area contributed by atoms with Gasteiger partial charge in [-0.3, -0.25) is 14.4 Å². The number of carboxylic acids is 2. The van der Waals surface area contributed by atoms with Gasteiger partial charge in [-0.2, -0.15) is 13.2 Å². The van der Waals surface area contributed by atoms with Crippen LogP contribution in [0.5, 0.6) is 0 Å². The summed E-state index contributed by atoms with van der Waals surface area (Å²) in [7, 11) is 0. The second-order valence-corrected chi connectivity index (χ2v) is 9.27. The first-order valence-electron chi connectivity index (χ1n) is 12.0. The lowest BCUT2D eigenvalue weighted by atomic mass is 10.0. The number of alkyl halides is 3. The lowest BCUT2D eigenvalue weighted by Crippen LogP contribution is -2.35. The summed E-state index contributed by atoms with van der Waals surface area (Å²) < 4.78 is 37.3. The Kier molecular flexibility index (Phi) is 11.7. The summed E-state index contributed by atoms with van der Waals surface area (Å²) in [6, 6.07) is 9.68. The fourth-order valence-corrected chi connectivity index (χ4v) is 4.01. The number of carboxylic acid groups (broad SMARTS) is 2. The van der Waals surface area contributed by atoms with Crippen molar-refractivity contribution in [2.24, 2.45) is 0 Å². The average molecular weight is 558 g/mol. The molecule has 5 N–H and O–H groups in total. The average Bonchev–Trinajstić information content (AvgIpc) is 3.07. The number of aliphatic carboxylic acids is 2. The van der Waals surface area contributed by atoms with Crippen LogP contribution >= 0.6 is 11.6 Å². The Hall–Kier alpha value is -3.47. The minimum atomic E-state index is -4.31. The zero-order valence-corrected chi connectivity index (χ0v) is 21.6. The molecule has 0 spiro atoms. The van der Waals surface area contributed by atoms with Crippen molar-refractivity contribution in [3.05, 3.63) is 58.1 Å². The highest BCUT2D eigenvalue weighted by molar-refractivity contribution is 6.33. The summed E-state index contributed by atoms with van der Waals surface area (Å²) in [5.74, 6) is -2.67. The Morgan fingerprint density at radius 3 is 2.24 bits per heavy atom. The Morgan fingerprint density at radius 2 is 1.66 bits per heavy atom. The molecule has 8 nitrogen and oxygen atoms in total. The molecule has 38 heavy (non-hydrogen) atoms. The topological polar surface area (TPSA) is 128 Å². The molecule has 0 aliphatic carbocycles. The van der Waals surface area contributed by atoms with Gasteiger partial charge >= 0.3 is 18.1 Å². The van der Waals surface area contributed by atoms with Crippen molar-refractivity contribution < 1.29 is 37.8 Å². The van der Waals surface area contributed by atoms with Gasteiger partial charge in [0.05, 0.1) is 30.0 Å². The lowest BCUT2D eigenvalue weighted by Gasteiger charge is -2.17. The molecule has 2 aromatic carbocycles. The van der Waals surface area contributed by atoms with Crippen LogP contribution in [0.2, 0.25) is 5.02 Å². The van der Waals surface area contributed by atoms with Gasteiger partial charge in [-0.1, -0.05) is 23.7 Å². The predicted octanol–water partition coefficient (Wildman–Crippen LogP) is 5.71. The molecular formula is C26H31ClF3N3O5. The Balaban J connectivity index is 0.000000550. The first kappa shape index (κ1) is 30.8. The summed E-state index contributed by atoms with van der Waals surface area (Å²) in [6.07, 6.45) is -2.82. The Morgan fingerprint density at radius 1 is 1.03 bits per heavy atom. The van der Waals surface area contributed by atoms with E-state index in [1.54, 1.807) is 24.3 Å². The van der Waals surface area contributed by atoms with E-state index >= 15 is 0 Å². The van der Waals surface area contributed by atoms with Gasteiger partial charge in [0, 0.05) is 30.4 Å². The van der Waals surface area contributed by atoms with Gasteiger partial charge in [0.1, 0.15) is 0 Å². The second kappa shape index (κ2) is 14.5. The van der Waals surface area contributed by atoms with E-state index in [4.69, 9.17) is 21.8 Å². The number of nitrogens with one attached hydrogen (secondary N) is 3. The van der Waals surface area contributed by atoms with Crippen LogP contribution in [0, 0.1) is 0 Å². The van der Waals surface area contributed by atoms with Gasteiger partial charge in [-0.25, -0.2) is 0 Å². The van der Waals surface area contributed by atoms with Crippen molar-refractivity contribution in [3.8, 4) is 0 Å². The van der Waals surface area contributed by atoms with Gasteiger partial charge in [0.15, 0.2) is 0 Å². The van der Waals surface area contributed by atoms with Crippen LogP contribution < -0.4 is 16.0 Å². The van der Waals surface area contributed by atoms with Crippen molar-refractivity contribution in [2.75, 3.05) is 17.2 Å². The van der Waals surface area contributed by atoms with Crippen LogP contribution in [0.1, 0.15) is 60.5 Å². The molecule has 0 aromatic heterocycles. The molecule has 0 saturated carbocycles. The normalized spacial score (nSPS) is 13.5. The highest BCUT2D eigenvalue weighted by atomic mass is 35.5. The fraction of sp³-hybridized carbons (Fsp3) is 0.423. The van der Waals surface area contributed by atoms with E-state index < -0.39 is 36.5 Å². The van der Waals surface area contributed by atoms with Crippen molar-refractivity contribution in [1.82, 2.24) is 5.32 Å². The molecule has 0 fully saturated rings. The molecule has 0 saturated heterocycles. The number of halogens is 4. The summed E-state index contributed by atoms with van der Waals surface area (Å²) in [6.45, 7) is 2.80. The van der Waals surface area contributed by atoms with E-state index in [1.807, 2.05) is 12.1 Å². The van der Waals surface area contributed by atoms with Crippen molar-refractivity contribution in [1.29, 1.82) is 0 Å². The number of anilines is 2. The van der Waals surface area contributed by atoms with Crippen LogP contribution in [0.3, 0.4) is 0 Å². The van der Waals surface area contributed by atoms with Gasteiger partial charge in [-0.05, 0) is 61.6 Å². The van der Waals surface area contributed by atoms with Gasteiger partial charge in [0.25, 0.3) is 5.91 Å². The van der Waals surface area contributed by atoms with Crippen LogP contribution in [-0.4, -0.2) is 46.8 Å². The molecule has 208 valence electrons. The fourth-order valence-electron chi connectivity index (χ4n) is 3.77. The Bertz CT molecular complexity index is 1100. The van der Waals surface area contributed by atoms with Gasteiger partial charge < -0.3 is 26.2 Å². The minimum absolute atomic E-state index is 0.296. The number of amides is 1. The zero-order valence-electron chi connectivity index (χ0n) is 20.8. The van der Waals surface area contributed by atoms with E-state index in [-0.39, 0.29) is 12.8 Å². The number of carbonyl (C=O) groups is 3. The monoisotopic (exact) mass is 557 g/mol. The largest absolute Gasteiger partial charge is 0.481 e. The standard InChI is InChI=1S/C22H25ClF3N3O.C4H6O4/c1-14(12-22(24,25)26)29-21(30)16-7-5-15(6-8-16)13-28-20-17-4-2-3-11-27-19(17)10-9-18(20)23;5-3(6)1-2-4(7)8/h5-10,14,27-28H,2-4,11-13H2,1H3,(H,29,30);1-2H2,(H,5,6)(H,7,8). The second-order valence-electron chi connectivity index (χ2n) is 8.86. The smallest absolute Gasteiger partial charge is 0.391 e. The summed E-state index contributed by atoms with van der Waals surface area (Å²) in [5.41, 5.74) is 4.44. The molecule has 0 radical (unpaired) electrons. The number of rotatable bonds is 9. The SMILES string of the molecule is CC(CC(F)(F)F)NC(=O)c1ccc(CNc2c(Cl)ccc3c2CCCCN3)cc1.O=C(O)CCC(=O)O.